The predicted molar refractivity (Wildman–Crippen MR) is 81.5 cm³/mol. The van der Waals surface area contributed by atoms with Crippen LogP contribution < -0.4 is 5.73 Å². The molecule has 0 saturated carbocycles. The van der Waals surface area contributed by atoms with Gasteiger partial charge in [0.1, 0.15) is 22.9 Å². The molecule has 3 rings (SSSR count). The molecule has 3 atom stereocenters. The first-order valence-corrected chi connectivity index (χ1v) is 8.34. The summed E-state index contributed by atoms with van der Waals surface area (Å²) in [4.78, 5) is 35.7. The van der Waals surface area contributed by atoms with E-state index in [1.165, 1.54) is 22.9 Å². The normalized spacial score (nSPS) is 25.5. The molecule has 7 nitrogen and oxygen atoms in total. The highest BCUT2D eigenvalue weighted by Crippen LogP contribution is 2.46. The summed E-state index contributed by atoms with van der Waals surface area (Å²) >= 11 is 2.31. The molecule has 0 aliphatic carbocycles. The highest BCUT2D eigenvalue weighted by atomic mass is 32.2. The molecule has 1 aromatic rings. The van der Waals surface area contributed by atoms with Crippen LogP contribution in [0, 0.1) is 0 Å². The number of thioether (sulfide) groups is 2. The standard InChI is InChI=1S/C13H12N2O5S2/c14-8-11(17)15-9(13(18)19)6(4-21-12(8)15)10(22-5-16)7-2-1-3-20-7/h1-3,5,8,10,12H,4,14H2,(H,18,19)/t8?,10?,12-/m0/s1. The van der Waals surface area contributed by atoms with Crippen LogP contribution in [0.1, 0.15) is 11.0 Å². The van der Waals surface area contributed by atoms with Crippen LogP contribution in [-0.4, -0.2) is 44.7 Å². The molecule has 3 N–H and O–H groups in total. The van der Waals surface area contributed by atoms with E-state index in [0.717, 1.165) is 11.8 Å². The fourth-order valence-corrected chi connectivity index (χ4v) is 4.74. The first-order valence-electron chi connectivity index (χ1n) is 6.35. The van der Waals surface area contributed by atoms with Crippen molar-refractivity contribution in [2.75, 3.05) is 5.75 Å². The summed E-state index contributed by atoms with van der Waals surface area (Å²) in [5.74, 6) is -0.775. The van der Waals surface area contributed by atoms with Gasteiger partial charge >= 0.3 is 5.97 Å². The third-order valence-corrected chi connectivity index (χ3v) is 5.77. The minimum Gasteiger partial charge on any atom is -0.477 e. The molecule has 0 aromatic carbocycles. The number of aliphatic carboxylic acids is 1. The number of carbonyl (C=O) groups is 3. The smallest absolute Gasteiger partial charge is 0.352 e. The van der Waals surface area contributed by atoms with Gasteiger partial charge < -0.3 is 15.3 Å². The fourth-order valence-electron chi connectivity index (χ4n) is 2.56. The van der Waals surface area contributed by atoms with Gasteiger partial charge in [0.05, 0.1) is 11.5 Å². The Labute approximate surface area is 133 Å². The summed E-state index contributed by atoms with van der Waals surface area (Å²) in [5, 5.41) is 8.59. The number of nitrogens with zero attached hydrogens (tertiary/aromatic N) is 1. The van der Waals surface area contributed by atoms with Crippen LogP contribution in [0.25, 0.3) is 0 Å². The number of amides is 1. The Kier molecular flexibility index (Phi) is 4.02. The molecule has 1 saturated heterocycles. The number of carboxylic acid groups (broad SMARTS) is 1. The highest BCUT2D eigenvalue weighted by Gasteiger charge is 2.52. The van der Waals surface area contributed by atoms with E-state index in [2.05, 4.69) is 0 Å². The zero-order valence-electron chi connectivity index (χ0n) is 11.2. The van der Waals surface area contributed by atoms with Gasteiger partial charge in [-0.2, -0.15) is 0 Å². The average Bonchev–Trinajstić information content (AvgIpc) is 3.04. The molecule has 0 bridgehead atoms. The molecular formula is C13H12N2O5S2. The Morgan fingerprint density at radius 2 is 2.41 bits per heavy atom. The van der Waals surface area contributed by atoms with Crippen molar-refractivity contribution >= 4 is 41.0 Å². The molecule has 0 spiro atoms. The minimum atomic E-state index is -1.20. The first kappa shape index (κ1) is 15.2. The maximum atomic E-state index is 11.9. The average molecular weight is 340 g/mol. The Morgan fingerprint density at radius 3 is 3.00 bits per heavy atom. The number of fused-ring (bicyclic) bond motifs is 1. The summed E-state index contributed by atoms with van der Waals surface area (Å²) in [5.41, 5.74) is 6.73. The Hall–Kier alpha value is -1.71. The molecule has 116 valence electrons. The lowest BCUT2D eigenvalue weighted by molar-refractivity contribution is -0.148. The molecule has 1 fully saturated rings. The summed E-state index contributed by atoms with van der Waals surface area (Å²) in [6.45, 7) is 0. The summed E-state index contributed by atoms with van der Waals surface area (Å²) in [6, 6.07) is 2.66. The van der Waals surface area contributed by atoms with Crippen LogP contribution in [0.15, 0.2) is 34.1 Å². The van der Waals surface area contributed by atoms with Gasteiger partial charge in [0.15, 0.2) is 5.62 Å². The van der Waals surface area contributed by atoms with E-state index >= 15 is 0 Å². The zero-order valence-corrected chi connectivity index (χ0v) is 12.8. The molecule has 9 heteroatoms. The lowest BCUT2D eigenvalue weighted by atomic mass is 10.0. The van der Waals surface area contributed by atoms with E-state index in [9.17, 15) is 19.5 Å². The van der Waals surface area contributed by atoms with Gasteiger partial charge in [0.2, 0.25) is 5.91 Å². The number of rotatable bonds is 5. The van der Waals surface area contributed by atoms with Crippen molar-refractivity contribution in [1.29, 1.82) is 0 Å². The number of hydrogen-bond donors (Lipinski definition) is 2. The van der Waals surface area contributed by atoms with Gasteiger partial charge in [-0.25, -0.2) is 4.79 Å². The van der Waals surface area contributed by atoms with E-state index in [-0.39, 0.29) is 11.1 Å². The van der Waals surface area contributed by atoms with Crippen LogP contribution in [0.3, 0.4) is 0 Å². The number of carboxylic acids is 1. The monoisotopic (exact) mass is 340 g/mol. The second-order valence-electron chi connectivity index (χ2n) is 4.74. The van der Waals surface area contributed by atoms with Crippen LogP contribution >= 0.6 is 23.5 Å². The second kappa shape index (κ2) is 5.82. The van der Waals surface area contributed by atoms with Crippen molar-refractivity contribution in [1.82, 2.24) is 4.90 Å². The van der Waals surface area contributed by atoms with Gasteiger partial charge in [-0.3, -0.25) is 14.5 Å². The van der Waals surface area contributed by atoms with Crippen molar-refractivity contribution in [2.24, 2.45) is 5.73 Å². The van der Waals surface area contributed by atoms with Crippen molar-refractivity contribution < 1.29 is 23.9 Å². The van der Waals surface area contributed by atoms with Crippen LogP contribution in [0.2, 0.25) is 0 Å². The van der Waals surface area contributed by atoms with Crippen LogP contribution in [0.4, 0.5) is 0 Å². The Bertz CT molecular complexity index is 657. The first-order chi connectivity index (χ1) is 10.6. The van der Waals surface area contributed by atoms with Crippen molar-refractivity contribution in [2.45, 2.75) is 16.7 Å². The Morgan fingerprint density at radius 1 is 1.64 bits per heavy atom. The van der Waals surface area contributed by atoms with Gasteiger partial charge in [0, 0.05) is 5.75 Å². The highest BCUT2D eigenvalue weighted by molar-refractivity contribution is 8.12. The van der Waals surface area contributed by atoms with Crippen LogP contribution in [-0.2, 0) is 14.4 Å². The van der Waals surface area contributed by atoms with E-state index < -0.39 is 23.2 Å². The minimum absolute atomic E-state index is 0.0915. The SMILES string of the molecule is NC1C(=O)N2C(C(=O)O)=C(C(SC=O)c3ccco3)CS[C@@H]12. The zero-order chi connectivity index (χ0) is 15.9. The maximum absolute atomic E-state index is 11.9. The van der Waals surface area contributed by atoms with Crippen molar-refractivity contribution in [3.05, 3.63) is 35.4 Å². The maximum Gasteiger partial charge on any atom is 0.352 e. The van der Waals surface area contributed by atoms with E-state index in [1.807, 2.05) is 0 Å². The van der Waals surface area contributed by atoms with Crippen LogP contribution in [0.5, 0.6) is 0 Å². The van der Waals surface area contributed by atoms with E-state index in [4.69, 9.17) is 10.2 Å². The van der Waals surface area contributed by atoms with Gasteiger partial charge in [-0.15, -0.1) is 11.8 Å². The largest absolute Gasteiger partial charge is 0.477 e. The number of β-lactam (4-membered cyclic amide) rings is 1. The molecule has 1 amide bonds. The number of nitrogens with two attached hydrogens (primary N) is 1. The number of carbonyl (C=O) groups excluding carboxylic acids is 2. The topological polar surface area (TPSA) is 114 Å². The van der Waals surface area contributed by atoms with Gasteiger partial charge in [-0.1, -0.05) is 11.8 Å². The van der Waals surface area contributed by atoms with Crippen molar-refractivity contribution in [3.63, 3.8) is 0 Å². The summed E-state index contributed by atoms with van der Waals surface area (Å²) in [6.07, 6.45) is 1.46. The molecule has 2 aliphatic rings. The molecule has 2 aliphatic heterocycles. The van der Waals surface area contributed by atoms with E-state index in [0.29, 0.717) is 22.7 Å². The molecule has 22 heavy (non-hydrogen) atoms. The lowest BCUT2D eigenvalue weighted by Gasteiger charge is -2.48. The lowest BCUT2D eigenvalue weighted by Crippen LogP contribution is -2.68. The molecule has 0 radical (unpaired) electrons. The fraction of sp³-hybridized carbons (Fsp3) is 0.308. The molecule has 2 unspecified atom stereocenters. The van der Waals surface area contributed by atoms with Gasteiger partial charge in [-0.05, 0) is 17.7 Å². The molecular weight excluding hydrogens is 328 g/mol. The number of furan rings is 1. The third kappa shape index (κ3) is 2.25. The number of hydrogen-bond acceptors (Lipinski definition) is 7. The molecule has 1 aromatic heterocycles. The molecule has 3 heterocycles. The Balaban J connectivity index is 2.06. The predicted octanol–water partition coefficient (Wildman–Crippen LogP) is 0.825. The summed E-state index contributed by atoms with van der Waals surface area (Å²) in [7, 11) is 0. The quantitative estimate of drug-likeness (QED) is 0.598. The van der Waals surface area contributed by atoms with Crippen molar-refractivity contribution in [3.8, 4) is 0 Å². The second-order valence-corrected chi connectivity index (χ2v) is 6.78. The summed E-state index contributed by atoms with van der Waals surface area (Å²) < 4.78 is 5.31. The third-order valence-electron chi connectivity index (χ3n) is 3.55. The van der Waals surface area contributed by atoms with Gasteiger partial charge in [0.25, 0.3) is 0 Å². The van der Waals surface area contributed by atoms with E-state index in [1.54, 1.807) is 12.1 Å².